The van der Waals surface area contributed by atoms with Crippen molar-refractivity contribution < 1.29 is 24.2 Å². The average Bonchev–Trinajstić information content (AvgIpc) is 3.06. The minimum atomic E-state index is -0.818. The van der Waals surface area contributed by atoms with E-state index in [0.717, 1.165) is 64.2 Å². The molecule has 0 aliphatic rings. The zero-order valence-corrected chi connectivity index (χ0v) is 29.3. The quantitative estimate of drug-likeness (QED) is 0.0465. The molecule has 0 aromatic heterocycles. The standard InChI is InChI=1S/C41H66O5/c1-3-5-7-9-11-13-15-17-18-19-20-21-22-24-25-27-29-31-33-35-40(43)45-38-39(37-42)46-41(44)36-34-32-30-28-26-23-16-14-12-10-8-6-4-2/h6,8,11-14,17-18,20-21,23,26,30,32,39,42H,3-5,7,9-10,15-16,19,22,24-25,27-29,31,33-38H2,1-2H3/b8-6-,13-11-,14-12-,18-17-,21-20-,26-23-,32-30-. The highest BCUT2D eigenvalue weighted by Crippen LogP contribution is 2.10. The lowest BCUT2D eigenvalue weighted by Crippen LogP contribution is -2.28. The number of ether oxygens (including phenoxy) is 2. The maximum atomic E-state index is 12.1. The number of aliphatic hydroxyl groups excluding tert-OH is 1. The van der Waals surface area contributed by atoms with Crippen molar-refractivity contribution in [3.63, 3.8) is 0 Å². The Morgan fingerprint density at radius 1 is 0.522 bits per heavy atom. The van der Waals surface area contributed by atoms with Crippen LogP contribution >= 0.6 is 0 Å². The smallest absolute Gasteiger partial charge is 0.306 e. The summed E-state index contributed by atoms with van der Waals surface area (Å²) in [6.07, 6.45) is 49.3. The number of esters is 2. The molecule has 0 radical (unpaired) electrons. The Morgan fingerprint density at radius 2 is 0.978 bits per heavy atom. The Kier molecular flexibility index (Phi) is 34.2. The molecule has 0 amide bonds. The van der Waals surface area contributed by atoms with E-state index >= 15 is 0 Å². The fraction of sp³-hybridized carbons (Fsp3) is 0.610. The van der Waals surface area contributed by atoms with Crippen LogP contribution in [0.15, 0.2) is 85.1 Å². The third-order valence-corrected chi connectivity index (χ3v) is 7.19. The first kappa shape index (κ1) is 43.1. The molecule has 5 nitrogen and oxygen atoms in total. The summed E-state index contributed by atoms with van der Waals surface area (Å²) in [5, 5.41) is 9.51. The Balaban J connectivity index is 3.71. The van der Waals surface area contributed by atoms with Crippen LogP contribution in [-0.2, 0) is 19.1 Å². The van der Waals surface area contributed by atoms with Gasteiger partial charge < -0.3 is 14.6 Å². The zero-order valence-electron chi connectivity index (χ0n) is 29.3. The van der Waals surface area contributed by atoms with Gasteiger partial charge in [0.1, 0.15) is 6.61 Å². The maximum Gasteiger partial charge on any atom is 0.306 e. The van der Waals surface area contributed by atoms with Gasteiger partial charge in [0.2, 0.25) is 0 Å². The molecule has 1 N–H and O–H groups in total. The first-order valence-corrected chi connectivity index (χ1v) is 18.1. The van der Waals surface area contributed by atoms with Crippen LogP contribution in [-0.4, -0.2) is 36.4 Å². The molecule has 46 heavy (non-hydrogen) atoms. The van der Waals surface area contributed by atoms with Crippen LogP contribution in [0.4, 0.5) is 0 Å². The summed E-state index contributed by atoms with van der Waals surface area (Å²) in [5.74, 6) is -0.710. The van der Waals surface area contributed by atoms with Gasteiger partial charge in [-0.15, -0.1) is 0 Å². The third-order valence-electron chi connectivity index (χ3n) is 7.19. The lowest BCUT2D eigenvalue weighted by molar-refractivity contribution is -0.161. The molecule has 1 unspecified atom stereocenters. The number of carbonyl (C=O) groups excluding carboxylic acids is 2. The average molecular weight is 639 g/mol. The first-order valence-electron chi connectivity index (χ1n) is 18.1. The molecule has 0 saturated heterocycles. The van der Waals surface area contributed by atoms with Crippen LogP contribution < -0.4 is 0 Å². The summed E-state index contributed by atoms with van der Waals surface area (Å²) in [5.41, 5.74) is 0. The van der Waals surface area contributed by atoms with E-state index in [2.05, 4.69) is 86.8 Å². The number of hydrogen-bond donors (Lipinski definition) is 1. The number of unbranched alkanes of at least 4 members (excludes halogenated alkanes) is 9. The molecule has 0 saturated carbocycles. The first-order chi connectivity index (χ1) is 22.6. The van der Waals surface area contributed by atoms with Gasteiger partial charge in [0.15, 0.2) is 6.10 Å². The normalized spacial score (nSPS) is 13.2. The van der Waals surface area contributed by atoms with E-state index in [9.17, 15) is 14.7 Å². The predicted molar refractivity (Wildman–Crippen MR) is 196 cm³/mol. The monoisotopic (exact) mass is 638 g/mol. The van der Waals surface area contributed by atoms with Crippen LogP contribution in [0.2, 0.25) is 0 Å². The summed E-state index contributed by atoms with van der Waals surface area (Å²) in [6.45, 7) is 3.89. The maximum absolute atomic E-state index is 12.1. The van der Waals surface area contributed by atoms with Crippen molar-refractivity contribution in [2.45, 2.75) is 148 Å². The second kappa shape index (κ2) is 36.5. The molecule has 0 spiro atoms. The highest BCUT2D eigenvalue weighted by Gasteiger charge is 2.15. The van der Waals surface area contributed by atoms with Crippen molar-refractivity contribution in [2.24, 2.45) is 0 Å². The molecule has 260 valence electrons. The van der Waals surface area contributed by atoms with E-state index < -0.39 is 12.1 Å². The van der Waals surface area contributed by atoms with Gasteiger partial charge >= 0.3 is 11.9 Å². The van der Waals surface area contributed by atoms with E-state index in [0.29, 0.717) is 12.8 Å². The summed E-state index contributed by atoms with van der Waals surface area (Å²) in [4.78, 5) is 24.1. The van der Waals surface area contributed by atoms with E-state index in [1.165, 1.54) is 44.9 Å². The molecule has 0 bridgehead atoms. The van der Waals surface area contributed by atoms with Crippen molar-refractivity contribution in [1.82, 2.24) is 0 Å². The largest absolute Gasteiger partial charge is 0.462 e. The molecule has 0 aromatic carbocycles. The van der Waals surface area contributed by atoms with Gasteiger partial charge in [-0.25, -0.2) is 0 Å². The highest BCUT2D eigenvalue weighted by atomic mass is 16.6. The zero-order chi connectivity index (χ0) is 33.6. The van der Waals surface area contributed by atoms with Gasteiger partial charge in [0.05, 0.1) is 6.61 Å². The van der Waals surface area contributed by atoms with Crippen molar-refractivity contribution in [1.29, 1.82) is 0 Å². The lowest BCUT2D eigenvalue weighted by Gasteiger charge is -2.15. The van der Waals surface area contributed by atoms with Crippen LogP contribution in [0.5, 0.6) is 0 Å². The van der Waals surface area contributed by atoms with Gasteiger partial charge in [0.25, 0.3) is 0 Å². The second-order valence-electron chi connectivity index (χ2n) is 11.6. The van der Waals surface area contributed by atoms with Gasteiger partial charge in [-0.3, -0.25) is 9.59 Å². The Hall–Kier alpha value is -2.92. The molecule has 1 atom stereocenters. The number of aliphatic hydroxyl groups is 1. The van der Waals surface area contributed by atoms with Crippen molar-refractivity contribution >= 4 is 11.9 Å². The van der Waals surface area contributed by atoms with Crippen molar-refractivity contribution in [2.75, 3.05) is 13.2 Å². The van der Waals surface area contributed by atoms with Crippen LogP contribution in [0, 0.1) is 0 Å². The number of carbonyl (C=O) groups is 2. The molecular weight excluding hydrogens is 572 g/mol. The van der Waals surface area contributed by atoms with E-state index in [1.807, 2.05) is 12.2 Å². The minimum Gasteiger partial charge on any atom is -0.462 e. The van der Waals surface area contributed by atoms with E-state index in [4.69, 9.17) is 9.47 Å². The van der Waals surface area contributed by atoms with Gasteiger partial charge in [-0.1, -0.05) is 137 Å². The number of hydrogen-bond acceptors (Lipinski definition) is 5. The van der Waals surface area contributed by atoms with Crippen molar-refractivity contribution in [3.05, 3.63) is 85.1 Å². The number of allylic oxidation sites excluding steroid dienone is 14. The summed E-state index contributed by atoms with van der Waals surface area (Å²) in [6, 6.07) is 0. The van der Waals surface area contributed by atoms with Crippen LogP contribution in [0.1, 0.15) is 142 Å². The highest BCUT2D eigenvalue weighted by molar-refractivity contribution is 5.70. The summed E-state index contributed by atoms with van der Waals surface area (Å²) < 4.78 is 10.5. The van der Waals surface area contributed by atoms with Crippen molar-refractivity contribution in [3.8, 4) is 0 Å². The topological polar surface area (TPSA) is 72.8 Å². The SMILES string of the molecule is CC/C=C\C/C=C\C/C=C\C/C=C\CCC(=O)OC(CO)COC(=O)CCCCCCCC/C=C\C/C=C\C/C=C\CCCCC. The molecule has 0 rings (SSSR count). The Labute approximate surface area is 282 Å². The van der Waals surface area contributed by atoms with Gasteiger partial charge in [0, 0.05) is 12.8 Å². The Bertz CT molecular complexity index is 906. The molecular formula is C41H66O5. The molecule has 0 heterocycles. The second-order valence-corrected chi connectivity index (χ2v) is 11.6. The predicted octanol–water partition coefficient (Wildman–Crippen LogP) is 11.2. The third kappa shape index (κ3) is 34.0. The minimum absolute atomic E-state index is 0.107. The lowest BCUT2D eigenvalue weighted by atomic mass is 10.1. The fourth-order valence-electron chi connectivity index (χ4n) is 4.45. The molecule has 0 fully saturated rings. The molecule has 0 aliphatic heterocycles. The number of rotatable bonds is 31. The van der Waals surface area contributed by atoms with E-state index in [1.54, 1.807) is 0 Å². The van der Waals surface area contributed by atoms with Crippen LogP contribution in [0.3, 0.4) is 0 Å². The summed E-state index contributed by atoms with van der Waals surface area (Å²) >= 11 is 0. The van der Waals surface area contributed by atoms with E-state index in [-0.39, 0.29) is 25.6 Å². The van der Waals surface area contributed by atoms with Gasteiger partial charge in [-0.2, -0.15) is 0 Å². The van der Waals surface area contributed by atoms with Gasteiger partial charge in [-0.05, 0) is 77.0 Å². The summed E-state index contributed by atoms with van der Waals surface area (Å²) in [7, 11) is 0. The molecule has 0 aliphatic carbocycles. The molecule has 0 aromatic rings. The molecule has 5 heteroatoms. The van der Waals surface area contributed by atoms with Crippen LogP contribution in [0.25, 0.3) is 0 Å². The Morgan fingerprint density at radius 3 is 1.50 bits per heavy atom. The fourth-order valence-corrected chi connectivity index (χ4v) is 4.45.